The number of H-pyrrole nitrogens is 1. The van der Waals surface area contributed by atoms with E-state index in [-0.39, 0.29) is 4.87 Å². The number of aryl methyl sites for hydroxylation is 1. The molecule has 0 saturated heterocycles. The Labute approximate surface area is 138 Å². The van der Waals surface area contributed by atoms with Crippen molar-refractivity contribution in [2.24, 2.45) is 7.05 Å². The minimum absolute atomic E-state index is 0.168. The van der Waals surface area contributed by atoms with Crippen molar-refractivity contribution >= 4 is 35.4 Å². The lowest BCUT2D eigenvalue weighted by Crippen LogP contribution is -2.07. The van der Waals surface area contributed by atoms with Crippen LogP contribution in [0, 0.1) is 4.77 Å². The number of alkyl halides is 1. The van der Waals surface area contributed by atoms with E-state index in [9.17, 15) is 5.11 Å². The molecule has 7 heteroatoms. The van der Waals surface area contributed by atoms with Crippen LogP contribution in [-0.2, 0) is 7.05 Å². The maximum absolute atomic E-state index is 9.91. The van der Waals surface area contributed by atoms with Gasteiger partial charge >= 0.3 is 0 Å². The van der Waals surface area contributed by atoms with Crippen LogP contribution in [0.5, 0.6) is 0 Å². The number of benzene rings is 1. The Hall–Kier alpha value is -0.880. The monoisotopic (exact) mass is 345 g/mol. The maximum atomic E-state index is 9.91. The van der Waals surface area contributed by atoms with Gasteiger partial charge in [-0.15, -0.1) is 11.6 Å². The second kappa shape index (κ2) is 6.92. The van der Waals surface area contributed by atoms with Crippen molar-refractivity contribution in [2.75, 3.05) is 0 Å². The highest BCUT2D eigenvalue weighted by molar-refractivity contribution is 7.71. The number of aromatic amines is 1. The zero-order chi connectivity index (χ0) is 15.5. The summed E-state index contributed by atoms with van der Waals surface area (Å²) in [4.78, 5) is 3.57. The molecule has 1 atom stereocenters. The number of rotatable bonds is 3. The quantitative estimate of drug-likeness (QED) is 0.652. The molecular weight excluding hydrogens is 329 g/mol. The van der Waals surface area contributed by atoms with Gasteiger partial charge in [0.1, 0.15) is 6.33 Å². The van der Waals surface area contributed by atoms with Crippen molar-refractivity contribution in [1.29, 1.82) is 0 Å². The predicted molar refractivity (Wildman–Crippen MR) is 87.2 cm³/mol. The van der Waals surface area contributed by atoms with Gasteiger partial charge in [-0.25, -0.2) is 4.98 Å². The molecule has 1 unspecified atom stereocenters. The Morgan fingerprint density at radius 2 is 2.14 bits per heavy atom. The number of aliphatic hydroxyl groups excluding tert-OH is 1. The highest BCUT2D eigenvalue weighted by Gasteiger charge is 2.42. The van der Waals surface area contributed by atoms with E-state index < -0.39 is 6.10 Å². The summed E-state index contributed by atoms with van der Waals surface area (Å²) in [6, 6.07) is 7.36. The molecule has 1 aromatic carbocycles. The summed E-state index contributed by atoms with van der Waals surface area (Å²) < 4.78 is 2.25. The number of hydrogen-bond acceptors (Lipinski definition) is 3. The number of nitrogens with one attached hydrogen (secondary N) is 1. The highest BCUT2D eigenvalue weighted by Crippen LogP contribution is 2.49. The van der Waals surface area contributed by atoms with Crippen LogP contribution in [0.2, 0.25) is 5.02 Å². The summed E-state index contributed by atoms with van der Waals surface area (Å²) in [7, 11) is 1.81. The lowest BCUT2D eigenvalue weighted by molar-refractivity contribution is 0.164. The molecule has 0 radical (unpaired) electrons. The first-order valence-corrected chi connectivity index (χ1v) is 7.75. The van der Waals surface area contributed by atoms with Crippen molar-refractivity contribution in [3.05, 3.63) is 45.9 Å². The topological polar surface area (TPSA) is 53.8 Å². The predicted octanol–water partition coefficient (Wildman–Crippen LogP) is 4.01. The Morgan fingerprint density at radius 3 is 2.57 bits per heavy atom. The summed E-state index contributed by atoms with van der Waals surface area (Å²) in [5.41, 5.74) is 0.779. The molecule has 1 fully saturated rings. The largest absolute Gasteiger partial charge is 0.388 e. The average Bonchev–Trinajstić information content (AvgIpc) is 3.05. The van der Waals surface area contributed by atoms with Crippen LogP contribution in [0.3, 0.4) is 0 Å². The van der Waals surface area contributed by atoms with Gasteiger partial charge < -0.3 is 5.11 Å². The SMILES string of the molecule is Cn1[nH]cnc1=S.OC(CC1(Cl)CC1)c1ccccc1Cl. The van der Waals surface area contributed by atoms with Crippen molar-refractivity contribution in [2.45, 2.75) is 30.2 Å². The van der Waals surface area contributed by atoms with Gasteiger partial charge in [0.15, 0.2) is 0 Å². The second-order valence-electron chi connectivity index (χ2n) is 5.12. The zero-order valence-electron chi connectivity index (χ0n) is 11.6. The summed E-state index contributed by atoms with van der Waals surface area (Å²) >= 11 is 16.8. The molecule has 1 aliphatic carbocycles. The summed E-state index contributed by atoms with van der Waals surface area (Å²) in [6.07, 6.45) is 3.61. The standard InChI is InChI=1S/C11H12Cl2O.C3H5N3S/c12-9-4-2-1-3-8(9)10(14)7-11(13)5-6-11;1-6-3(7)4-2-5-6/h1-4,10,14H,5-7H2;2H,1H3,(H,4,5,7). The fourth-order valence-electron chi connectivity index (χ4n) is 1.85. The molecule has 0 bridgehead atoms. The average molecular weight is 346 g/mol. The number of hydrogen-bond donors (Lipinski definition) is 2. The van der Waals surface area contributed by atoms with Gasteiger partial charge in [0.25, 0.3) is 0 Å². The van der Waals surface area contributed by atoms with Crippen molar-refractivity contribution in [3.8, 4) is 0 Å². The molecule has 1 heterocycles. The summed E-state index contributed by atoms with van der Waals surface area (Å²) in [5, 5.41) is 13.3. The molecule has 2 N–H and O–H groups in total. The molecule has 0 spiro atoms. The lowest BCUT2D eigenvalue weighted by atomic mass is 10.0. The lowest BCUT2D eigenvalue weighted by Gasteiger charge is -2.15. The van der Waals surface area contributed by atoms with Crippen LogP contribution >= 0.6 is 35.4 Å². The van der Waals surface area contributed by atoms with Crippen LogP contribution in [0.1, 0.15) is 30.9 Å². The molecule has 1 aromatic heterocycles. The van der Waals surface area contributed by atoms with E-state index in [2.05, 4.69) is 10.1 Å². The van der Waals surface area contributed by atoms with Gasteiger partial charge in [0, 0.05) is 16.9 Å². The third-order valence-electron chi connectivity index (χ3n) is 3.33. The number of nitrogens with zero attached hydrogens (tertiary/aromatic N) is 2. The molecule has 21 heavy (non-hydrogen) atoms. The molecule has 4 nitrogen and oxygen atoms in total. The van der Waals surface area contributed by atoms with Gasteiger partial charge in [-0.1, -0.05) is 29.8 Å². The van der Waals surface area contributed by atoms with Crippen LogP contribution in [0.25, 0.3) is 0 Å². The van der Waals surface area contributed by atoms with E-state index in [1.807, 2.05) is 25.2 Å². The fourth-order valence-corrected chi connectivity index (χ4v) is 2.46. The van der Waals surface area contributed by atoms with Gasteiger partial charge in [-0.2, -0.15) is 0 Å². The minimum Gasteiger partial charge on any atom is -0.388 e. The first-order chi connectivity index (χ1) is 9.91. The van der Waals surface area contributed by atoms with Crippen molar-refractivity contribution in [3.63, 3.8) is 0 Å². The Balaban J connectivity index is 0.000000194. The van der Waals surface area contributed by atoms with E-state index in [1.54, 1.807) is 17.1 Å². The highest BCUT2D eigenvalue weighted by atomic mass is 35.5. The van der Waals surface area contributed by atoms with Gasteiger partial charge in [0.2, 0.25) is 4.77 Å². The van der Waals surface area contributed by atoms with Crippen LogP contribution in [-0.4, -0.2) is 24.7 Å². The molecule has 1 saturated carbocycles. The van der Waals surface area contributed by atoms with Crippen LogP contribution in [0.4, 0.5) is 0 Å². The third-order valence-corrected chi connectivity index (χ3v) is 4.58. The number of halogens is 2. The van der Waals surface area contributed by atoms with E-state index in [1.165, 1.54) is 0 Å². The number of aromatic nitrogens is 3. The molecule has 114 valence electrons. The summed E-state index contributed by atoms with van der Waals surface area (Å²) in [6.45, 7) is 0. The van der Waals surface area contributed by atoms with Crippen molar-refractivity contribution < 1.29 is 5.11 Å². The fraction of sp³-hybridized carbons (Fsp3) is 0.429. The maximum Gasteiger partial charge on any atom is 0.215 e. The minimum atomic E-state index is -0.538. The Bertz CT molecular complexity index is 651. The van der Waals surface area contributed by atoms with E-state index in [0.717, 1.165) is 18.4 Å². The molecule has 0 aliphatic heterocycles. The normalized spacial score (nSPS) is 16.8. The van der Waals surface area contributed by atoms with Crippen molar-refractivity contribution in [1.82, 2.24) is 14.8 Å². The second-order valence-corrected chi connectivity index (χ2v) is 6.70. The van der Waals surface area contributed by atoms with E-state index in [0.29, 0.717) is 16.2 Å². The molecule has 1 aliphatic rings. The summed E-state index contributed by atoms with van der Waals surface area (Å²) in [5.74, 6) is 0. The molecule has 3 rings (SSSR count). The zero-order valence-corrected chi connectivity index (χ0v) is 13.9. The van der Waals surface area contributed by atoms with Crippen LogP contribution in [0.15, 0.2) is 30.6 Å². The first-order valence-electron chi connectivity index (χ1n) is 6.59. The van der Waals surface area contributed by atoms with E-state index >= 15 is 0 Å². The Kier molecular flexibility index (Phi) is 5.43. The van der Waals surface area contributed by atoms with Crippen LogP contribution < -0.4 is 0 Å². The van der Waals surface area contributed by atoms with Gasteiger partial charge in [0.05, 0.1) is 6.10 Å². The third kappa shape index (κ3) is 4.81. The van der Waals surface area contributed by atoms with Gasteiger partial charge in [-0.3, -0.25) is 9.78 Å². The first kappa shape index (κ1) is 16.5. The molecule has 0 amide bonds. The molecule has 2 aromatic rings. The number of aliphatic hydroxyl groups is 1. The smallest absolute Gasteiger partial charge is 0.215 e. The molecular formula is C14H17Cl2N3OS. The Morgan fingerprint density at radius 1 is 1.48 bits per heavy atom. The van der Waals surface area contributed by atoms with E-state index in [4.69, 9.17) is 35.4 Å². The van der Waals surface area contributed by atoms with Gasteiger partial charge in [-0.05, 0) is 43.1 Å².